The Kier molecular flexibility index (Phi) is 11.5. The molecule has 8 nitrogen and oxygen atoms in total. The highest BCUT2D eigenvalue weighted by molar-refractivity contribution is 5.85. The summed E-state index contributed by atoms with van der Waals surface area (Å²) < 4.78 is 5.49. The normalized spacial score (nSPS) is 17.4. The lowest BCUT2D eigenvalue weighted by Gasteiger charge is -2.36. The summed E-state index contributed by atoms with van der Waals surface area (Å²) in [7, 11) is 0. The third-order valence-corrected chi connectivity index (χ3v) is 5.47. The molecular weight excluding hydrogens is 446 g/mol. The molecule has 1 aliphatic rings. The molecule has 0 aliphatic heterocycles. The zero-order chi connectivity index (χ0) is 22.6. The van der Waals surface area contributed by atoms with Gasteiger partial charge < -0.3 is 20.7 Å². The number of hydrogen-bond donors (Lipinski definition) is 2. The lowest BCUT2D eigenvalue weighted by atomic mass is 9.90. The molecule has 0 unspecified atom stereocenters. The number of benzene rings is 2. The summed E-state index contributed by atoms with van der Waals surface area (Å²) in [5.41, 5.74) is 7.58. The van der Waals surface area contributed by atoms with E-state index in [1.54, 1.807) is 4.90 Å². The van der Waals surface area contributed by atoms with Crippen molar-refractivity contribution in [1.82, 2.24) is 10.2 Å². The highest BCUT2D eigenvalue weighted by atomic mass is 35.5. The largest absolute Gasteiger partial charge is 0.445 e. The highest BCUT2D eigenvalue weighted by Crippen LogP contribution is 2.24. The molecule has 3 N–H and O–H groups in total. The first-order valence-corrected chi connectivity index (χ1v) is 11.0. The van der Waals surface area contributed by atoms with E-state index in [0.29, 0.717) is 13.1 Å². The number of rotatable bonds is 9. The van der Waals surface area contributed by atoms with E-state index < -0.39 is 6.09 Å². The summed E-state index contributed by atoms with van der Waals surface area (Å²) in [4.78, 5) is 36.2. The maximum absolute atomic E-state index is 12.6. The SMILES string of the molecule is Cl.NCCN(C(=O)OCc1ccccc1)C1CCC(NC(=O)OOCc2ccccc2)CC1. The van der Waals surface area contributed by atoms with Crippen molar-refractivity contribution in [2.75, 3.05) is 13.1 Å². The van der Waals surface area contributed by atoms with E-state index in [1.807, 2.05) is 60.7 Å². The Bertz CT molecular complexity index is 833. The third kappa shape index (κ3) is 8.92. The van der Waals surface area contributed by atoms with Gasteiger partial charge in [0.05, 0.1) is 0 Å². The van der Waals surface area contributed by atoms with Crippen LogP contribution in [0.25, 0.3) is 0 Å². The molecule has 0 spiro atoms. The Labute approximate surface area is 200 Å². The Morgan fingerprint density at radius 3 is 2.06 bits per heavy atom. The Balaban J connectivity index is 0.00000385. The van der Waals surface area contributed by atoms with Crippen LogP contribution in [0.5, 0.6) is 0 Å². The molecule has 0 heterocycles. The monoisotopic (exact) mass is 477 g/mol. The molecular formula is C24H32ClN3O5. The van der Waals surface area contributed by atoms with Gasteiger partial charge in [0.1, 0.15) is 13.2 Å². The number of carbonyl (C=O) groups is 2. The van der Waals surface area contributed by atoms with E-state index in [-0.39, 0.29) is 43.8 Å². The van der Waals surface area contributed by atoms with Gasteiger partial charge in [0, 0.05) is 25.2 Å². The van der Waals surface area contributed by atoms with Gasteiger partial charge in [0.2, 0.25) is 0 Å². The number of carbonyl (C=O) groups excluding carboxylic acids is 2. The maximum Gasteiger partial charge on any atom is 0.438 e. The van der Waals surface area contributed by atoms with E-state index in [9.17, 15) is 9.59 Å². The van der Waals surface area contributed by atoms with Crippen molar-refractivity contribution in [2.45, 2.75) is 51.0 Å². The Hall–Kier alpha value is -2.81. The van der Waals surface area contributed by atoms with Gasteiger partial charge in [-0.2, -0.15) is 4.89 Å². The number of hydrogen-bond acceptors (Lipinski definition) is 6. The number of nitrogens with two attached hydrogens (primary N) is 1. The number of amides is 2. The molecule has 180 valence electrons. The van der Waals surface area contributed by atoms with Crippen LogP contribution in [0.3, 0.4) is 0 Å². The number of nitrogens with one attached hydrogen (secondary N) is 1. The number of ether oxygens (including phenoxy) is 1. The summed E-state index contributed by atoms with van der Waals surface area (Å²) in [6.07, 6.45) is 1.98. The minimum atomic E-state index is -0.606. The average molecular weight is 478 g/mol. The minimum Gasteiger partial charge on any atom is -0.445 e. The molecule has 3 rings (SSSR count). The molecule has 9 heteroatoms. The molecule has 0 radical (unpaired) electrons. The molecule has 2 aromatic carbocycles. The van der Waals surface area contributed by atoms with E-state index in [0.717, 1.165) is 36.8 Å². The van der Waals surface area contributed by atoms with Crippen molar-refractivity contribution in [2.24, 2.45) is 5.73 Å². The van der Waals surface area contributed by atoms with Gasteiger partial charge in [0.15, 0.2) is 0 Å². The first kappa shape index (κ1) is 26.4. The maximum atomic E-state index is 12.6. The van der Waals surface area contributed by atoms with E-state index in [4.69, 9.17) is 20.2 Å². The van der Waals surface area contributed by atoms with Crippen LogP contribution >= 0.6 is 12.4 Å². The summed E-state index contributed by atoms with van der Waals surface area (Å²) in [5, 5.41) is 2.83. The summed E-state index contributed by atoms with van der Waals surface area (Å²) in [6, 6.07) is 19.0. The van der Waals surface area contributed by atoms with Crippen LogP contribution in [0.2, 0.25) is 0 Å². The van der Waals surface area contributed by atoms with Crippen LogP contribution in [-0.4, -0.2) is 42.3 Å². The lowest BCUT2D eigenvalue weighted by molar-refractivity contribution is -0.249. The van der Waals surface area contributed by atoms with Gasteiger partial charge in [0.25, 0.3) is 0 Å². The summed E-state index contributed by atoms with van der Waals surface area (Å²) in [6.45, 7) is 1.22. The number of nitrogens with zero attached hydrogens (tertiary/aromatic N) is 1. The first-order chi connectivity index (χ1) is 15.7. The zero-order valence-electron chi connectivity index (χ0n) is 18.6. The van der Waals surface area contributed by atoms with Crippen LogP contribution in [0.15, 0.2) is 60.7 Å². The second-order valence-corrected chi connectivity index (χ2v) is 7.79. The average Bonchev–Trinajstić information content (AvgIpc) is 2.83. The molecule has 0 aromatic heterocycles. The summed E-state index contributed by atoms with van der Waals surface area (Å²) in [5.74, 6) is 0. The third-order valence-electron chi connectivity index (χ3n) is 5.47. The van der Waals surface area contributed by atoms with Gasteiger partial charge >= 0.3 is 12.2 Å². The molecule has 33 heavy (non-hydrogen) atoms. The predicted octanol–water partition coefficient (Wildman–Crippen LogP) is 4.17. The van der Waals surface area contributed by atoms with Gasteiger partial charge in [-0.15, -0.1) is 12.4 Å². The van der Waals surface area contributed by atoms with Crippen molar-refractivity contribution in [3.8, 4) is 0 Å². The first-order valence-electron chi connectivity index (χ1n) is 11.0. The molecule has 1 fully saturated rings. The van der Waals surface area contributed by atoms with Gasteiger partial charge in [-0.05, 0) is 36.8 Å². The highest BCUT2D eigenvalue weighted by Gasteiger charge is 2.30. The van der Waals surface area contributed by atoms with Crippen LogP contribution in [0.1, 0.15) is 36.8 Å². The van der Waals surface area contributed by atoms with Crippen LogP contribution < -0.4 is 11.1 Å². The van der Waals surface area contributed by atoms with Crippen molar-refractivity contribution >= 4 is 24.6 Å². The van der Waals surface area contributed by atoms with Gasteiger partial charge in [-0.1, -0.05) is 60.7 Å². The fraction of sp³-hybridized carbons (Fsp3) is 0.417. The second kappa shape index (κ2) is 14.4. The Morgan fingerprint density at radius 1 is 0.909 bits per heavy atom. The fourth-order valence-electron chi connectivity index (χ4n) is 3.81. The smallest absolute Gasteiger partial charge is 0.438 e. The van der Waals surface area contributed by atoms with Crippen molar-refractivity contribution in [3.63, 3.8) is 0 Å². The van der Waals surface area contributed by atoms with Crippen LogP contribution in [-0.2, 0) is 27.7 Å². The van der Waals surface area contributed by atoms with E-state index in [2.05, 4.69) is 5.32 Å². The van der Waals surface area contributed by atoms with Crippen molar-refractivity contribution < 1.29 is 24.1 Å². The zero-order valence-corrected chi connectivity index (χ0v) is 19.4. The molecule has 2 amide bonds. The van der Waals surface area contributed by atoms with Crippen molar-refractivity contribution in [1.29, 1.82) is 0 Å². The molecule has 0 saturated heterocycles. The van der Waals surface area contributed by atoms with E-state index in [1.165, 1.54) is 0 Å². The topological polar surface area (TPSA) is 103 Å². The summed E-state index contributed by atoms with van der Waals surface area (Å²) >= 11 is 0. The Morgan fingerprint density at radius 2 is 1.48 bits per heavy atom. The van der Waals surface area contributed by atoms with Crippen LogP contribution in [0, 0.1) is 0 Å². The predicted molar refractivity (Wildman–Crippen MR) is 127 cm³/mol. The molecule has 1 aliphatic carbocycles. The number of halogens is 1. The quantitative estimate of drug-likeness (QED) is 0.415. The van der Waals surface area contributed by atoms with Gasteiger partial charge in [-0.3, -0.25) is 4.89 Å². The van der Waals surface area contributed by atoms with Crippen molar-refractivity contribution in [3.05, 3.63) is 71.8 Å². The van der Waals surface area contributed by atoms with E-state index >= 15 is 0 Å². The lowest BCUT2D eigenvalue weighted by Crippen LogP contribution is -2.48. The molecule has 0 bridgehead atoms. The molecule has 2 aromatic rings. The van der Waals surface area contributed by atoms with Gasteiger partial charge in [-0.25, -0.2) is 9.59 Å². The fourth-order valence-corrected chi connectivity index (χ4v) is 3.81. The molecule has 0 atom stereocenters. The second-order valence-electron chi connectivity index (χ2n) is 7.79. The standard InChI is InChI=1S/C24H31N3O5.ClH/c25-15-16-27(24(29)30-17-19-7-3-1-4-8-19)22-13-11-21(12-14-22)26-23(28)32-31-18-20-9-5-2-6-10-20;/h1-10,21-22H,11-18,25H2,(H,26,28);1H. The van der Waals surface area contributed by atoms with Crippen LogP contribution in [0.4, 0.5) is 9.59 Å². The molecule has 1 saturated carbocycles. The minimum absolute atomic E-state index is 0.